The molecule has 1 rings (SSSR count). The molecule has 0 amide bonds. The highest BCUT2D eigenvalue weighted by Crippen LogP contribution is 2.29. The van der Waals surface area contributed by atoms with Crippen LogP contribution >= 0.6 is 34.8 Å². The van der Waals surface area contributed by atoms with Crippen LogP contribution in [0.4, 0.5) is 0 Å². The lowest BCUT2D eigenvalue weighted by Gasteiger charge is -2.08. The summed E-state index contributed by atoms with van der Waals surface area (Å²) in [5, 5.41) is 12.0. The van der Waals surface area contributed by atoms with Crippen molar-refractivity contribution in [3.05, 3.63) is 33.8 Å². The second-order valence-corrected chi connectivity index (χ2v) is 4.03. The molecular formula is C9H8Cl3NO. The van der Waals surface area contributed by atoms with Gasteiger partial charge in [0.1, 0.15) is 0 Å². The molecule has 14 heavy (non-hydrogen) atoms. The Labute approximate surface area is 97.1 Å². The fourth-order valence-corrected chi connectivity index (χ4v) is 1.45. The molecule has 0 radical (unpaired) electrons. The molecule has 1 aromatic rings. The minimum atomic E-state index is -0.491. The quantitative estimate of drug-likeness (QED) is 0.365. The smallest absolute Gasteiger partial charge is 0.0998 e. The van der Waals surface area contributed by atoms with Gasteiger partial charge < -0.3 is 5.21 Å². The van der Waals surface area contributed by atoms with E-state index in [1.807, 2.05) is 0 Å². The zero-order chi connectivity index (χ0) is 10.7. The summed E-state index contributed by atoms with van der Waals surface area (Å²) in [6, 6.07) is 5.04. The van der Waals surface area contributed by atoms with E-state index < -0.39 is 5.38 Å². The summed E-state index contributed by atoms with van der Waals surface area (Å²) in [5.41, 5.74) is 1.15. The molecule has 0 aliphatic heterocycles. The minimum Gasteiger partial charge on any atom is -0.411 e. The molecule has 5 heteroatoms. The molecule has 0 aliphatic rings. The third-order valence-electron chi connectivity index (χ3n) is 1.76. The van der Waals surface area contributed by atoms with Crippen LogP contribution in [0.25, 0.3) is 0 Å². The lowest BCUT2D eigenvalue weighted by atomic mass is 10.1. The van der Waals surface area contributed by atoms with Gasteiger partial charge in [-0.3, -0.25) is 0 Å². The third-order valence-corrected chi connectivity index (χ3v) is 3.07. The van der Waals surface area contributed by atoms with Gasteiger partial charge in [0.05, 0.1) is 21.1 Å². The Morgan fingerprint density at radius 2 is 2.00 bits per heavy atom. The van der Waals surface area contributed by atoms with Gasteiger partial charge in [-0.25, -0.2) is 0 Å². The number of halogens is 3. The van der Waals surface area contributed by atoms with E-state index in [2.05, 4.69) is 5.16 Å². The van der Waals surface area contributed by atoms with E-state index in [9.17, 15) is 0 Å². The maximum Gasteiger partial charge on any atom is 0.0998 e. The van der Waals surface area contributed by atoms with Gasteiger partial charge in [-0.15, -0.1) is 11.6 Å². The first-order valence-electron chi connectivity index (χ1n) is 3.84. The van der Waals surface area contributed by atoms with E-state index in [1.54, 1.807) is 25.1 Å². The summed E-state index contributed by atoms with van der Waals surface area (Å²) >= 11 is 17.5. The van der Waals surface area contributed by atoms with E-state index in [4.69, 9.17) is 40.0 Å². The predicted molar refractivity (Wildman–Crippen MR) is 60.0 cm³/mol. The Morgan fingerprint density at radius 1 is 1.36 bits per heavy atom. The summed E-state index contributed by atoms with van der Waals surface area (Å²) in [5.74, 6) is 0. The van der Waals surface area contributed by atoms with Crippen molar-refractivity contribution in [3.63, 3.8) is 0 Å². The molecule has 0 saturated carbocycles. The SMILES string of the molecule is C/C(=N\O)C(Cl)c1ccc(Cl)c(Cl)c1. The van der Waals surface area contributed by atoms with Crippen LogP contribution in [0.3, 0.4) is 0 Å². The first kappa shape index (κ1) is 11.6. The van der Waals surface area contributed by atoms with Gasteiger partial charge in [0, 0.05) is 0 Å². The topological polar surface area (TPSA) is 32.6 Å². The van der Waals surface area contributed by atoms with Crippen molar-refractivity contribution < 1.29 is 5.21 Å². The number of oxime groups is 1. The molecule has 2 nitrogen and oxygen atoms in total. The number of hydrogen-bond donors (Lipinski definition) is 1. The molecule has 0 spiro atoms. The fourth-order valence-electron chi connectivity index (χ4n) is 0.962. The lowest BCUT2D eigenvalue weighted by Crippen LogP contribution is -2.02. The first-order valence-corrected chi connectivity index (χ1v) is 5.03. The van der Waals surface area contributed by atoms with Gasteiger partial charge in [0.15, 0.2) is 0 Å². The van der Waals surface area contributed by atoms with E-state index in [1.165, 1.54) is 0 Å². The highest BCUT2D eigenvalue weighted by molar-refractivity contribution is 6.42. The first-order chi connectivity index (χ1) is 6.56. The maximum absolute atomic E-state index is 8.53. The van der Waals surface area contributed by atoms with Crippen LogP contribution in [-0.2, 0) is 0 Å². The Kier molecular flexibility index (Phi) is 4.05. The standard InChI is InChI=1S/C9H8Cl3NO/c1-5(13-14)9(12)6-2-3-7(10)8(11)4-6/h2-4,9,14H,1H3/b13-5+. The molecule has 0 fully saturated rings. The molecule has 1 atom stereocenters. The zero-order valence-corrected chi connectivity index (χ0v) is 9.61. The number of hydrogen-bond acceptors (Lipinski definition) is 2. The zero-order valence-electron chi connectivity index (χ0n) is 7.34. The normalized spacial score (nSPS) is 14.1. The highest BCUT2D eigenvalue weighted by atomic mass is 35.5. The van der Waals surface area contributed by atoms with Crippen molar-refractivity contribution in [1.82, 2.24) is 0 Å². The largest absolute Gasteiger partial charge is 0.411 e. The van der Waals surface area contributed by atoms with Crippen molar-refractivity contribution in [3.8, 4) is 0 Å². The van der Waals surface area contributed by atoms with Crippen molar-refractivity contribution in [1.29, 1.82) is 0 Å². The average Bonchev–Trinajstić information content (AvgIpc) is 2.20. The van der Waals surface area contributed by atoms with Gasteiger partial charge in [-0.2, -0.15) is 0 Å². The van der Waals surface area contributed by atoms with Gasteiger partial charge in [-0.05, 0) is 24.6 Å². The van der Waals surface area contributed by atoms with Crippen LogP contribution < -0.4 is 0 Å². The summed E-state index contributed by atoms with van der Waals surface area (Å²) < 4.78 is 0. The number of nitrogens with zero attached hydrogens (tertiary/aromatic N) is 1. The van der Waals surface area contributed by atoms with E-state index in [-0.39, 0.29) is 0 Å². The van der Waals surface area contributed by atoms with Crippen molar-refractivity contribution >= 4 is 40.5 Å². The van der Waals surface area contributed by atoms with Crippen LogP contribution in [0.5, 0.6) is 0 Å². The Bertz CT molecular complexity index is 365. The summed E-state index contributed by atoms with van der Waals surface area (Å²) in [6.45, 7) is 1.63. The van der Waals surface area contributed by atoms with Gasteiger partial charge in [-0.1, -0.05) is 34.4 Å². The molecular weight excluding hydrogens is 244 g/mol. The second-order valence-electron chi connectivity index (χ2n) is 2.78. The summed E-state index contributed by atoms with van der Waals surface area (Å²) in [4.78, 5) is 0. The average molecular weight is 253 g/mol. The number of rotatable bonds is 2. The predicted octanol–water partition coefficient (Wildman–Crippen LogP) is 4.12. The van der Waals surface area contributed by atoms with Gasteiger partial charge in [0.2, 0.25) is 0 Å². The molecule has 0 heterocycles. The number of benzene rings is 1. The second kappa shape index (κ2) is 4.87. The Balaban J connectivity index is 3.03. The van der Waals surface area contributed by atoms with E-state index in [0.717, 1.165) is 5.56 Å². The van der Waals surface area contributed by atoms with Crippen molar-refractivity contribution in [2.75, 3.05) is 0 Å². The molecule has 0 aromatic heterocycles. The lowest BCUT2D eigenvalue weighted by molar-refractivity contribution is 0.317. The molecule has 1 unspecified atom stereocenters. The van der Waals surface area contributed by atoms with Gasteiger partial charge >= 0.3 is 0 Å². The van der Waals surface area contributed by atoms with Crippen LogP contribution in [0.15, 0.2) is 23.4 Å². The Morgan fingerprint density at radius 3 is 2.50 bits per heavy atom. The third kappa shape index (κ3) is 2.53. The summed E-state index contributed by atoms with van der Waals surface area (Å²) in [6.07, 6.45) is 0. The number of alkyl halides is 1. The Hall–Kier alpha value is -0.440. The van der Waals surface area contributed by atoms with E-state index >= 15 is 0 Å². The van der Waals surface area contributed by atoms with Crippen molar-refractivity contribution in [2.24, 2.45) is 5.16 Å². The monoisotopic (exact) mass is 251 g/mol. The van der Waals surface area contributed by atoms with E-state index in [0.29, 0.717) is 15.8 Å². The fraction of sp³-hybridized carbons (Fsp3) is 0.222. The van der Waals surface area contributed by atoms with Crippen LogP contribution in [0, 0.1) is 0 Å². The molecule has 1 aromatic carbocycles. The minimum absolute atomic E-state index is 0.407. The van der Waals surface area contributed by atoms with Crippen LogP contribution in [0.2, 0.25) is 10.0 Å². The summed E-state index contributed by atoms with van der Waals surface area (Å²) in [7, 11) is 0. The van der Waals surface area contributed by atoms with Crippen LogP contribution in [0.1, 0.15) is 17.9 Å². The maximum atomic E-state index is 8.53. The molecule has 1 N–H and O–H groups in total. The molecule has 76 valence electrons. The molecule has 0 saturated heterocycles. The molecule has 0 aliphatic carbocycles. The van der Waals surface area contributed by atoms with Crippen molar-refractivity contribution in [2.45, 2.75) is 12.3 Å². The highest BCUT2D eigenvalue weighted by Gasteiger charge is 2.13. The van der Waals surface area contributed by atoms with Crippen LogP contribution in [-0.4, -0.2) is 10.9 Å². The van der Waals surface area contributed by atoms with Gasteiger partial charge in [0.25, 0.3) is 0 Å². The molecule has 0 bridgehead atoms.